The normalized spacial score (nSPS) is 21.9. The zero-order valence-corrected chi connectivity index (χ0v) is 33.3. The lowest BCUT2D eigenvalue weighted by molar-refractivity contribution is -0.175. The van der Waals surface area contributed by atoms with Gasteiger partial charge in [0.15, 0.2) is 18.0 Å². The predicted molar refractivity (Wildman–Crippen MR) is 197 cm³/mol. The van der Waals surface area contributed by atoms with Crippen LogP contribution in [-0.2, 0) is 58.4 Å². The third kappa shape index (κ3) is 10.6. The van der Waals surface area contributed by atoms with Crippen molar-refractivity contribution in [1.29, 1.82) is 0 Å². The average molecular weight is 791 g/mol. The van der Waals surface area contributed by atoms with Crippen LogP contribution in [0, 0.1) is 11.8 Å². The zero-order chi connectivity index (χ0) is 40.8. The highest BCUT2D eigenvalue weighted by Crippen LogP contribution is 2.50. The van der Waals surface area contributed by atoms with Crippen molar-refractivity contribution in [2.24, 2.45) is 17.6 Å². The van der Waals surface area contributed by atoms with Crippen molar-refractivity contribution in [3.8, 4) is 5.75 Å². The summed E-state index contributed by atoms with van der Waals surface area (Å²) >= 11 is 0. The monoisotopic (exact) mass is 790 g/mol. The van der Waals surface area contributed by atoms with Gasteiger partial charge in [0.05, 0.1) is 37.4 Å². The van der Waals surface area contributed by atoms with Gasteiger partial charge in [-0.15, -0.1) is 0 Å². The van der Waals surface area contributed by atoms with Gasteiger partial charge in [-0.05, 0) is 63.9 Å². The quantitative estimate of drug-likeness (QED) is 0.101. The molecule has 3 aromatic rings. The number of benzene rings is 1. The van der Waals surface area contributed by atoms with Crippen LogP contribution in [0.2, 0.25) is 0 Å². The smallest absolute Gasteiger partial charge is 0.459 e. The maximum Gasteiger partial charge on any atom is 0.459 e. The lowest BCUT2D eigenvalue weighted by Gasteiger charge is -2.33. The molecule has 0 radical (unpaired) electrons. The number of ether oxygens (including phenoxy) is 5. The number of hydrogen-bond donors (Lipinski definition) is 3. The number of hydrogen-bond acceptors (Lipinski definition) is 16. The molecule has 18 nitrogen and oxygen atoms in total. The van der Waals surface area contributed by atoms with Crippen molar-refractivity contribution in [3.05, 3.63) is 54.0 Å². The second-order valence-corrected chi connectivity index (χ2v) is 16.0. The topological polar surface area (TPSA) is 244 Å². The molecule has 3 heterocycles. The molecule has 4 rings (SSSR count). The first-order chi connectivity index (χ1) is 25.8. The Morgan fingerprint density at radius 2 is 1.58 bits per heavy atom. The van der Waals surface area contributed by atoms with E-state index >= 15 is 0 Å². The summed E-state index contributed by atoms with van der Waals surface area (Å²) in [6, 6.07) is 7.42. The molecule has 302 valence electrons. The molecule has 7 atom stereocenters. The van der Waals surface area contributed by atoms with Crippen LogP contribution < -0.4 is 21.1 Å². The molecule has 1 fully saturated rings. The van der Waals surface area contributed by atoms with E-state index in [1.807, 2.05) is 0 Å². The number of anilines is 1. The van der Waals surface area contributed by atoms with E-state index in [2.05, 4.69) is 15.2 Å². The lowest BCUT2D eigenvalue weighted by atomic mass is 9.95. The Kier molecular flexibility index (Phi) is 14.0. The van der Waals surface area contributed by atoms with Crippen LogP contribution >= 0.6 is 7.75 Å². The fraction of sp³-hybridized carbons (Fsp3) is 0.556. The summed E-state index contributed by atoms with van der Waals surface area (Å²) in [7, 11) is -3.36. The van der Waals surface area contributed by atoms with E-state index in [4.69, 9.17) is 44.2 Å². The first kappa shape index (κ1) is 43.1. The van der Waals surface area contributed by atoms with Crippen molar-refractivity contribution in [1.82, 2.24) is 19.7 Å². The SMILES string of the molecule is COC(=O)[C@H](C)N[P@](=O)(OC[C@@]1(C)O[C@@H](c2ccc3c(N)ncnn23)[C@H](OC(=O)C(C)C)[C@@H]1OC(=O)C(C)C)Oc1ccc(C[C@H](N)C(=O)OC(C)C)cc1. The van der Waals surface area contributed by atoms with Crippen LogP contribution in [0.1, 0.15) is 72.8 Å². The standard InChI is InChI=1S/C36H51N6O12P/c1-19(2)32(43)51-29-28(26-14-15-27-31(38)39-18-40-42(26)27)53-36(8,30(29)52-33(44)20(3)4)17-49-55(47,41-22(7)34(45)48-9)54-24-12-10-23(11-13-24)16-25(37)35(46)50-21(5)6/h10-15,18-22,25,28-30H,16-17,37H2,1-9H3,(H,41,47)(H2,38,39,40)/t22-,25-,28-,29-,30-,36+,55-/m0/s1. The molecular formula is C36H51N6O12P. The number of nitrogens with zero attached hydrogens (tertiary/aromatic N) is 3. The number of carbonyl (C=O) groups is 4. The highest BCUT2D eigenvalue weighted by atomic mass is 31.2. The molecule has 5 N–H and O–H groups in total. The van der Waals surface area contributed by atoms with Gasteiger partial charge in [-0.2, -0.15) is 10.2 Å². The Balaban J connectivity index is 1.70. The van der Waals surface area contributed by atoms with Gasteiger partial charge in [-0.1, -0.05) is 39.8 Å². The van der Waals surface area contributed by atoms with Gasteiger partial charge in [-0.3, -0.25) is 23.7 Å². The molecular weight excluding hydrogens is 739 g/mol. The molecule has 0 aliphatic carbocycles. The van der Waals surface area contributed by atoms with E-state index in [9.17, 15) is 23.7 Å². The summed E-state index contributed by atoms with van der Waals surface area (Å²) in [6.07, 6.45) is -2.61. The number of aromatic nitrogens is 3. The molecule has 0 amide bonds. The highest BCUT2D eigenvalue weighted by Gasteiger charge is 2.59. The van der Waals surface area contributed by atoms with Crippen LogP contribution in [0.3, 0.4) is 0 Å². The Hall–Kier alpha value is -4.61. The maximum atomic E-state index is 14.5. The summed E-state index contributed by atoms with van der Waals surface area (Å²) in [5.41, 5.74) is 11.9. The summed E-state index contributed by atoms with van der Waals surface area (Å²) in [5, 5.41) is 6.89. The van der Waals surface area contributed by atoms with Crippen molar-refractivity contribution in [2.75, 3.05) is 19.5 Å². The van der Waals surface area contributed by atoms with Crippen LogP contribution in [-0.4, -0.2) is 88.2 Å². The zero-order valence-electron chi connectivity index (χ0n) is 32.4. The Bertz CT molecular complexity index is 1890. The third-order valence-corrected chi connectivity index (χ3v) is 10.1. The lowest BCUT2D eigenvalue weighted by Crippen LogP contribution is -2.49. The summed E-state index contributed by atoms with van der Waals surface area (Å²) in [4.78, 5) is 55.1. The fourth-order valence-electron chi connectivity index (χ4n) is 5.56. The first-order valence-electron chi connectivity index (χ1n) is 17.8. The molecule has 0 saturated carbocycles. The summed E-state index contributed by atoms with van der Waals surface area (Å²) in [5.74, 6) is -3.48. The van der Waals surface area contributed by atoms with Crippen molar-refractivity contribution < 1.29 is 56.5 Å². The van der Waals surface area contributed by atoms with Crippen molar-refractivity contribution in [3.63, 3.8) is 0 Å². The van der Waals surface area contributed by atoms with E-state index in [0.29, 0.717) is 16.8 Å². The van der Waals surface area contributed by atoms with Gasteiger partial charge < -0.3 is 39.7 Å². The van der Waals surface area contributed by atoms with Crippen molar-refractivity contribution in [2.45, 2.75) is 104 Å². The Morgan fingerprint density at radius 3 is 2.18 bits per heavy atom. The molecule has 2 aromatic heterocycles. The maximum absolute atomic E-state index is 14.5. The summed E-state index contributed by atoms with van der Waals surface area (Å²) in [6.45, 7) is 12.4. The molecule has 55 heavy (non-hydrogen) atoms. The number of nitrogens with one attached hydrogen (secondary N) is 1. The van der Waals surface area contributed by atoms with E-state index < -0.39 is 86.1 Å². The molecule has 0 bridgehead atoms. The number of rotatable bonds is 17. The minimum Gasteiger partial charge on any atom is -0.468 e. The van der Waals surface area contributed by atoms with E-state index in [0.717, 1.165) is 7.11 Å². The molecule has 1 aliphatic heterocycles. The van der Waals surface area contributed by atoms with Crippen LogP contribution in [0.15, 0.2) is 42.7 Å². The second-order valence-electron chi connectivity index (χ2n) is 14.3. The largest absolute Gasteiger partial charge is 0.468 e. The van der Waals surface area contributed by atoms with Crippen molar-refractivity contribution >= 4 is 43.0 Å². The summed E-state index contributed by atoms with van der Waals surface area (Å²) < 4.78 is 56.5. The molecule has 19 heteroatoms. The molecule has 0 spiro atoms. The minimum absolute atomic E-state index is 0.0637. The van der Waals surface area contributed by atoms with Gasteiger partial charge in [0.1, 0.15) is 41.4 Å². The number of methoxy groups -OCH3 is 1. The van der Waals surface area contributed by atoms with Gasteiger partial charge in [0.25, 0.3) is 0 Å². The van der Waals surface area contributed by atoms with Gasteiger partial charge in [0, 0.05) is 0 Å². The van der Waals surface area contributed by atoms with Crippen LogP contribution in [0.25, 0.3) is 5.52 Å². The number of esters is 4. The van der Waals surface area contributed by atoms with E-state index in [1.54, 1.807) is 65.8 Å². The number of carbonyl (C=O) groups excluding carboxylic acids is 4. The van der Waals surface area contributed by atoms with Crippen LogP contribution in [0.5, 0.6) is 5.75 Å². The van der Waals surface area contributed by atoms with E-state index in [1.165, 1.54) is 36.8 Å². The van der Waals surface area contributed by atoms with E-state index in [-0.39, 0.29) is 24.1 Å². The molecule has 0 unspecified atom stereocenters. The average Bonchev–Trinajstić information content (AvgIpc) is 3.67. The van der Waals surface area contributed by atoms with Crippen LogP contribution in [0.4, 0.5) is 5.82 Å². The minimum atomic E-state index is -4.52. The Morgan fingerprint density at radius 1 is 0.945 bits per heavy atom. The molecule has 1 saturated heterocycles. The number of nitrogen functional groups attached to an aromatic ring is 1. The second kappa shape index (κ2) is 17.9. The molecule has 1 aliphatic rings. The fourth-order valence-corrected chi connectivity index (χ4v) is 7.15. The van der Waals surface area contributed by atoms with Gasteiger partial charge >= 0.3 is 31.6 Å². The number of nitrogens with two attached hydrogens (primary N) is 2. The number of fused-ring (bicyclic) bond motifs is 1. The van der Waals surface area contributed by atoms with Gasteiger partial charge in [-0.25, -0.2) is 14.1 Å². The predicted octanol–water partition coefficient (Wildman–Crippen LogP) is 3.45. The first-order valence-corrected chi connectivity index (χ1v) is 19.3. The third-order valence-electron chi connectivity index (χ3n) is 8.52. The Labute approximate surface area is 319 Å². The highest BCUT2D eigenvalue weighted by molar-refractivity contribution is 7.52. The molecule has 1 aromatic carbocycles. The van der Waals surface area contributed by atoms with Gasteiger partial charge in [0.2, 0.25) is 0 Å².